The molecule has 1 aliphatic rings. The van der Waals surface area contributed by atoms with E-state index in [2.05, 4.69) is 54.7 Å². The van der Waals surface area contributed by atoms with Crippen molar-refractivity contribution >= 4 is 11.6 Å². The van der Waals surface area contributed by atoms with E-state index in [1.807, 2.05) is 6.07 Å². The van der Waals surface area contributed by atoms with Crippen LogP contribution in [0.5, 0.6) is 0 Å². The Hall–Kier alpha value is -2.09. The Morgan fingerprint density at radius 2 is 1.80 bits per heavy atom. The minimum atomic E-state index is 0.106. The molecule has 20 heavy (non-hydrogen) atoms. The van der Waals surface area contributed by atoms with Crippen LogP contribution in [-0.4, -0.2) is 5.91 Å². The molecule has 1 atom stereocenters. The Morgan fingerprint density at radius 1 is 1.05 bits per heavy atom. The van der Waals surface area contributed by atoms with E-state index in [-0.39, 0.29) is 5.91 Å². The average Bonchev–Trinajstić information content (AvgIpc) is 2.79. The van der Waals surface area contributed by atoms with Crippen LogP contribution in [0.1, 0.15) is 23.6 Å². The molecule has 0 saturated carbocycles. The Labute approximate surface area is 119 Å². The van der Waals surface area contributed by atoms with Gasteiger partial charge in [-0.1, -0.05) is 49.4 Å². The van der Waals surface area contributed by atoms with Crippen molar-refractivity contribution in [3.8, 4) is 0 Å². The monoisotopic (exact) mass is 265 g/mol. The van der Waals surface area contributed by atoms with Gasteiger partial charge < -0.3 is 5.32 Å². The van der Waals surface area contributed by atoms with Gasteiger partial charge in [0.1, 0.15) is 0 Å². The van der Waals surface area contributed by atoms with Gasteiger partial charge in [0.05, 0.1) is 6.42 Å². The van der Waals surface area contributed by atoms with Crippen LogP contribution in [-0.2, 0) is 24.1 Å². The van der Waals surface area contributed by atoms with Crippen LogP contribution in [0.4, 0.5) is 5.69 Å². The molecule has 2 heteroatoms. The molecule has 102 valence electrons. The third kappa shape index (κ3) is 2.90. The highest BCUT2D eigenvalue weighted by Crippen LogP contribution is 2.25. The lowest BCUT2D eigenvalue weighted by Gasteiger charge is -2.12. The van der Waals surface area contributed by atoms with Crippen molar-refractivity contribution in [1.29, 1.82) is 0 Å². The summed E-state index contributed by atoms with van der Waals surface area (Å²) in [6.07, 6.45) is 2.67. The third-order valence-electron chi connectivity index (χ3n) is 3.81. The Bertz CT molecular complexity index is 619. The van der Waals surface area contributed by atoms with Gasteiger partial charge in [-0.2, -0.15) is 0 Å². The Balaban J connectivity index is 1.66. The molecule has 0 spiro atoms. The molecule has 1 unspecified atom stereocenters. The van der Waals surface area contributed by atoms with E-state index in [1.54, 1.807) is 0 Å². The van der Waals surface area contributed by atoms with Gasteiger partial charge in [-0.15, -0.1) is 0 Å². The van der Waals surface area contributed by atoms with Gasteiger partial charge >= 0.3 is 0 Å². The lowest BCUT2D eigenvalue weighted by molar-refractivity contribution is -0.115. The number of rotatable bonds is 4. The molecule has 0 saturated heterocycles. The van der Waals surface area contributed by atoms with Crippen LogP contribution in [0.3, 0.4) is 0 Å². The maximum Gasteiger partial charge on any atom is 0.228 e. The van der Waals surface area contributed by atoms with Gasteiger partial charge in [-0.05, 0) is 41.5 Å². The van der Waals surface area contributed by atoms with Crippen molar-refractivity contribution < 1.29 is 4.79 Å². The third-order valence-corrected chi connectivity index (χ3v) is 3.81. The van der Waals surface area contributed by atoms with E-state index in [0.717, 1.165) is 24.1 Å². The van der Waals surface area contributed by atoms with Crippen molar-refractivity contribution in [2.75, 3.05) is 5.32 Å². The molecule has 3 rings (SSSR count). The fraction of sp³-hybridized carbons (Fsp3) is 0.278. The number of carbonyl (C=O) groups excluding carboxylic acids is 1. The van der Waals surface area contributed by atoms with Crippen molar-refractivity contribution in [3.05, 3.63) is 65.2 Å². The molecule has 0 fully saturated rings. The molecule has 0 bridgehead atoms. The molecule has 1 N–H and O–H groups in total. The molecular weight excluding hydrogens is 246 g/mol. The Kier molecular flexibility index (Phi) is 3.55. The van der Waals surface area contributed by atoms with E-state index in [9.17, 15) is 4.79 Å². The Morgan fingerprint density at radius 3 is 2.60 bits per heavy atom. The first-order chi connectivity index (χ1) is 9.70. The van der Waals surface area contributed by atoms with E-state index in [4.69, 9.17) is 0 Å². The van der Waals surface area contributed by atoms with Crippen molar-refractivity contribution in [2.45, 2.75) is 26.2 Å². The SMILES string of the molecule is CC(Cc1ccccc1)Cc1ccc2c(c1)CC(=O)N2. The summed E-state index contributed by atoms with van der Waals surface area (Å²) in [5.74, 6) is 0.704. The summed E-state index contributed by atoms with van der Waals surface area (Å²) in [7, 11) is 0. The molecule has 1 heterocycles. The topological polar surface area (TPSA) is 29.1 Å². The van der Waals surface area contributed by atoms with Gasteiger partial charge in [-0.3, -0.25) is 4.79 Å². The summed E-state index contributed by atoms with van der Waals surface area (Å²) < 4.78 is 0. The van der Waals surface area contributed by atoms with Crippen LogP contribution in [0, 0.1) is 5.92 Å². The minimum Gasteiger partial charge on any atom is -0.326 e. The van der Waals surface area contributed by atoms with Gasteiger partial charge in [0, 0.05) is 5.69 Å². The largest absolute Gasteiger partial charge is 0.326 e. The highest BCUT2D eigenvalue weighted by Gasteiger charge is 2.17. The number of carbonyl (C=O) groups is 1. The smallest absolute Gasteiger partial charge is 0.228 e. The fourth-order valence-electron chi connectivity index (χ4n) is 2.90. The zero-order valence-electron chi connectivity index (χ0n) is 11.7. The maximum absolute atomic E-state index is 11.4. The number of benzene rings is 2. The van der Waals surface area contributed by atoms with Crippen LogP contribution in [0.15, 0.2) is 48.5 Å². The minimum absolute atomic E-state index is 0.106. The molecule has 0 aromatic heterocycles. The molecule has 1 aliphatic heterocycles. The molecule has 2 aromatic carbocycles. The highest BCUT2D eigenvalue weighted by molar-refractivity contribution is 5.99. The lowest BCUT2D eigenvalue weighted by Crippen LogP contribution is -2.04. The standard InChI is InChI=1S/C18H19NO/c1-13(9-14-5-3-2-4-6-14)10-15-7-8-17-16(11-15)12-18(20)19-17/h2-8,11,13H,9-10,12H2,1H3,(H,19,20). The van der Waals surface area contributed by atoms with Crippen LogP contribution in [0.2, 0.25) is 0 Å². The summed E-state index contributed by atoms with van der Waals surface area (Å²) in [5, 5.41) is 2.88. The average molecular weight is 265 g/mol. The predicted octanol–water partition coefficient (Wildman–Crippen LogP) is 3.60. The summed E-state index contributed by atoms with van der Waals surface area (Å²) in [6, 6.07) is 16.9. The van der Waals surface area contributed by atoms with Gasteiger partial charge in [0.25, 0.3) is 0 Å². The first-order valence-electron chi connectivity index (χ1n) is 7.16. The number of anilines is 1. The van der Waals surface area contributed by atoms with E-state index in [1.165, 1.54) is 11.1 Å². The first kappa shape index (κ1) is 12.9. The van der Waals surface area contributed by atoms with Gasteiger partial charge in [0.2, 0.25) is 5.91 Å². The molecular formula is C18H19NO. The van der Waals surface area contributed by atoms with Crippen molar-refractivity contribution in [1.82, 2.24) is 0 Å². The zero-order chi connectivity index (χ0) is 13.9. The number of hydrogen-bond donors (Lipinski definition) is 1. The second kappa shape index (κ2) is 5.49. The normalized spacial score (nSPS) is 14.8. The van der Waals surface area contributed by atoms with Gasteiger partial charge in [-0.25, -0.2) is 0 Å². The number of amides is 1. The van der Waals surface area contributed by atoms with E-state index < -0.39 is 0 Å². The summed E-state index contributed by atoms with van der Waals surface area (Å²) in [5.41, 5.74) is 4.83. The van der Waals surface area contributed by atoms with E-state index >= 15 is 0 Å². The molecule has 2 aromatic rings. The predicted molar refractivity (Wildman–Crippen MR) is 81.8 cm³/mol. The maximum atomic E-state index is 11.4. The van der Waals surface area contributed by atoms with E-state index in [0.29, 0.717) is 12.3 Å². The fourth-order valence-corrected chi connectivity index (χ4v) is 2.90. The second-order valence-electron chi connectivity index (χ2n) is 5.72. The second-order valence-corrected chi connectivity index (χ2v) is 5.72. The summed E-state index contributed by atoms with van der Waals surface area (Å²) >= 11 is 0. The molecule has 2 nitrogen and oxygen atoms in total. The number of hydrogen-bond acceptors (Lipinski definition) is 1. The van der Waals surface area contributed by atoms with Crippen molar-refractivity contribution in [3.63, 3.8) is 0 Å². The highest BCUT2D eigenvalue weighted by atomic mass is 16.1. The molecule has 1 amide bonds. The lowest BCUT2D eigenvalue weighted by atomic mass is 9.93. The number of fused-ring (bicyclic) bond motifs is 1. The quantitative estimate of drug-likeness (QED) is 0.899. The zero-order valence-corrected chi connectivity index (χ0v) is 11.7. The first-order valence-corrected chi connectivity index (χ1v) is 7.16. The van der Waals surface area contributed by atoms with Gasteiger partial charge in [0.15, 0.2) is 0 Å². The van der Waals surface area contributed by atoms with Crippen LogP contribution >= 0.6 is 0 Å². The van der Waals surface area contributed by atoms with Crippen LogP contribution in [0.25, 0.3) is 0 Å². The van der Waals surface area contributed by atoms with Crippen molar-refractivity contribution in [2.24, 2.45) is 5.92 Å². The molecule has 0 radical (unpaired) electrons. The number of nitrogens with one attached hydrogen (secondary N) is 1. The summed E-state index contributed by atoms with van der Waals surface area (Å²) in [4.78, 5) is 11.4. The van der Waals surface area contributed by atoms with Crippen LogP contribution < -0.4 is 5.32 Å². The molecule has 0 aliphatic carbocycles. The summed E-state index contributed by atoms with van der Waals surface area (Å²) in [6.45, 7) is 2.28.